The Balaban J connectivity index is 2.14. The Bertz CT molecular complexity index is 543. The molecular weight excluding hydrogens is 278 g/mol. The zero-order valence-corrected chi connectivity index (χ0v) is 12.9. The van der Waals surface area contributed by atoms with E-state index in [4.69, 9.17) is 0 Å². The fourth-order valence-electron chi connectivity index (χ4n) is 2.20. The lowest BCUT2D eigenvalue weighted by molar-refractivity contribution is 0.302. The minimum atomic E-state index is -3.48. The monoisotopic (exact) mass is 299 g/mol. The maximum Gasteiger partial charge on any atom is 0.246 e. The summed E-state index contributed by atoms with van der Waals surface area (Å²) >= 11 is 0. The van der Waals surface area contributed by atoms with E-state index in [1.165, 1.54) is 16.7 Å². The number of nitrogens with zero attached hydrogens (tertiary/aromatic N) is 4. The molecule has 2 heterocycles. The average Bonchev–Trinajstić information content (AvgIpc) is 2.90. The molecule has 0 spiro atoms. The molecular formula is C12H21N5O2S. The largest absolute Gasteiger partial charge is 0.355 e. The number of nitrogens with one attached hydrogen (secondary N) is 1. The van der Waals surface area contributed by atoms with Crippen molar-refractivity contribution in [2.75, 3.05) is 39.0 Å². The zero-order chi connectivity index (χ0) is 14.8. The van der Waals surface area contributed by atoms with Gasteiger partial charge >= 0.3 is 0 Å². The van der Waals surface area contributed by atoms with Gasteiger partial charge in [-0.1, -0.05) is 0 Å². The molecule has 7 nitrogen and oxygen atoms in total. The molecule has 0 aliphatic carbocycles. The van der Waals surface area contributed by atoms with Gasteiger partial charge in [-0.15, -0.1) is 0 Å². The van der Waals surface area contributed by atoms with E-state index in [1.807, 2.05) is 21.0 Å². The van der Waals surface area contributed by atoms with Crippen LogP contribution in [-0.2, 0) is 10.0 Å². The molecule has 1 unspecified atom stereocenters. The second-order valence-corrected chi connectivity index (χ2v) is 6.98. The second kappa shape index (κ2) is 6.02. The third kappa shape index (κ3) is 3.08. The maximum absolute atomic E-state index is 12.5. The van der Waals surface area contributed by atoms with Crippen molar-refractivity contribution >= 4 is 16.0 Å². The summed E-state index contributed by atoms with van der Waals surface area (Å²) in [5.74, 6) is 0.444. The Labute approximate surface area is 120 Å². The number of anilines is 1. The van der Waals surface area contributed by atoms with Crippen molar-refractivity contribution in [2.24, 2.45) is 0 Å². The molecule has 1 aliphatic heterocycles. The summed E-state index contributed by atoms with van der Waals surface area (Å²) < 4.78 is 26.5. The molecule has 8 heteroatoms. The van der Waals surface area contributed by atoms with Crippen LogP contribution in [0.25, 0.3) is 0 Å². The van der Waals surface area contributed by atoms with Crippen LogP contribution >= 0.6 is 0 Å². The molecule has 1 aromatic rings. The first-order valence-electron chi connectivity index (χ1n) is 6.67. The van der Waals surface area contributed by atoms with Crippen molar-refractivity contribution < 1.29 is 8.42 Å². The fraction of sp³-hybridized carbons (Fsp3) is 0.667. The van der Waals surface area contributed by atoms with Crippen LogP contribution in [0.15, 0.2) is 17.3 Å². The minimum Gasteiger partial charge on any atom is -0.355 e. The van der Waals surface area contributed by atoms with Crippen molar-refractivity contribution in [3.05, 3.63) is 12.4 Å². The first-order chi connectivity index (χ1) is 9.45. The molecule has 0 saturated carbocycles. The number of hydrogen-bond acceptors (Lipinski definition) is 6. The maximum atomic E-state index is 12.5. The Morgan fingerprint density at radius 2 is 2.05 bits per heavy atom. The first-order valence-corrected chi connectivity index (χ1v) is 8.11. The van der Waals surface area contributed by atoms with E-state index in [1.54, 1.807) is 0 Å². The van der Waals surface area contributed by atoms with Crippen LogP contribution in [0.3, 0.4) is 0 Å². The fourth-order valence-corrected chi connectivity index (χ4v) is 3.58. The van der Waals surface area contributed by atoms with Gasteiger partial charge in [0.05, 0.1) is 12.4 Å². The Morgan fingerprint density at radius 1 is 1.40 bits per heavy atom. The van der Waals surface area contributed by atoms with Crippen LogP contribution < -0.4 is 5.32 Å². The highest BCUT2D eigenvalue weighted by molar-refractivity contribution is 7.89. The van der Waals surface area contributed by atoms with Crippen molar-refractivity contribution in [3.63, 3.8) is 0 Å². The SMILES string of the molecule is CCNc1ncc(S(=O)(=O)N2CCC(N(C)C)C2)cn1. The molecule has 112 valence electrons. The summed E-state index contributed by atoms with van der Waals surface area (Å²) in [5, 5.41) is 2.94. The molecule has 1 N–H and O–H groups in total. The molecule has 1 saturated heterocycles. The number of hydrogen-bond donors (Lipinski definition) is 1. The standard InChI is InChI=1S/C12H21N5O2S/c1-4-13-12-14-7-11(8-15-12)20(18,19)17-6-5-10(9-17)16(2)3/h7-8,10H,4-6,9H2,1-3H3,(H,13,14,15). The van der Waals surface area contributed by atoms with Crippen LogP contribution in [0.1, 0.15) is 13.3 Å². The number of aromatic nitrogens is 2. The van der Waals surface area contributed by atoms with Crippen LogP contribution in [-0.4, -0.2) is 67.4 Å². The number of rotatable bonds is 5. The topological polar surface area (TPSA) is 78.4 Å². The highest BCUT2D eigenvalue weighted by Crippen LogP contribution is 2.22. The molecule has 1 aliphatic rings. The second-order valence-electron chi connectivity index (χ2n) is 5.04. The molecule has 0 aromatic carbocycles. The number of likely N-dealkylation sites (N-methyl/N-ethyl adjacent to an activating group) is 1. The molecule has 0 bridgehead atoms. The predicted octanol–water partition coefficient (Wildman–Crippen LogP) is 0.233. The summed E-state index contributed by atoms with van der Waals surface area (Å²) in [6, 6.07) is 0.270. The molecule has 0 amide bonds. The first kappa shape index (κ1) is 15.1. The van der Waals surface area contributed by atoms with Gasteiger partial charge in [-0.25, -0.2) is 18.4 Å². The zero-order valence-electron chi connectivity index (χ0n) is 12.1. The van der Waals surface area contributed by atoms with Gasteiger partial charge in [0, 0.05) is 25.7 Å². The average molecular weight is 299 g/mol. The highest BCUT2D eigenvalue weighted by Gasteiger charge is 2.33. The van der Waals surface area contributed by atoms with E-state index >= 15 is 0 Å². The van der Waals surface area contributed by atoms with Gasteiger partial charge in [-0.05, 0) is 27.4 Å². The summed E-state index contributed by atoms with van der Waals surface area (Å²) in [5.41, 5.74) is 0. The van der Waals surface area contributed by atoms with Gasteiger partial charge in [0.1, 0.15) is 4.90 Å². The molecule has 20 heavy (non-hydrogen) atoms. The summed E-state index contributed by atoms with van der Waals surface area (Å²) in [4.78, 5) is 10.3. The van der Waals surface area contributed by atoms with Crippen LogP contribution in [0.4, 0.5) is 5.95 Å². The van der Waals surface area contributed by atoms with E-state index < -0.39 is 10.0 Å². The summed E-state index contributed by atoms with van der Waals surface area (Å²) in [7, 11) is 0.452. The van der Waals surface area contributed by atoms with Gasteiger partial charge in [-0.2, -0.15) is 4.31 Å². The van der Waals surface area contributed by atoms with Crippen molar-refractivity contribution in [3.8, 4) is 0 Å². The van der Waals surface area contributed by atoms with Gasteiger partial charge in [-0.3, -0.25) is 0 Å². The molecule has 0 radical (unpaired) electrons. The van der Waals surface area contributed by atoms with E-state index in [9.17, 15) is 8.42 Å². The molecule has 1 aromatic heterocycles. The third-order valence-corrected chi connectivity index (χ3v) is 5.28. The van der Waals surface area contributed by atoms with Gasteiger partial charge in [0.15, 0.2) is 0 Å². The van der Waals surface area contributed by atoms with Crippen LogP contribution in [0, 0.1) is 0 Å². The summed E-state index contributed by atoms with van der Waals surface area (Å²) in [6.07, 6.45) is 3.58. The van der Waals surface area contributed by atoms with Gasteiger partial charge < -0.3 is 10.2 Å². The molecule has 1 fully saturated rings. The third-order valence-electron chi connectivity index (χ3n) is 3.46. The van der Waals surface area contributed by atoms with E-state index in [0.29, 0.717) is 25.6 Å². The minimum absolute atomic E-state index is 0.151. The lowest BCUT2D eigenvalue weighted by Crippen LogP contribution is -2.34. The molecule has 1 atom stereocenters. The smallest absolute Gasteiger partial charge is 0.246 e. The Kier molecular flexibility index (Phi) is 4.56. The van der Waals surface area contributed by atoms with Crippen molar-refractivity contribution in [2.45, 2.75) is 24.3 Å². The van der Waals surface area contributed by atoms with Gasteiger partial charge in [0.2, 0.25) is 16.0 Å². The lowest BCUT2D eigenvalue weighted by Gasteiger charge is -2.20. The van der Waals surface area contributed by atoms with E-state index in [2.05, 4.69) is 20.2 Å². The van der Waals surface area contributed by atoms with Crippen molar-refractivity contribution in [1.29, 1.82) is 0 Å². The normalized spacial score (nSPS) is 20.5. The summed E-state index contributed by atoms with van der Waals surface area (Å²) in [6.45, 7) is 3.69. The van der Waals surface area contributed by atoms with Crippen LogP contribution in [0.5, 0.6) is 0 Å². The lowest BCUT2D eigenvalue weighted by atomic mass is 10.2. The van der Waals surface area contributed by atoms with Crippen molar-refractivity contribution in [1.82, 2.24) is 19.2 Å². The quantitative estimate of drug-likeness (QED) is 0.839. The van der Waals surface area contributed by atoms with E-state index in [0.717, 1.165) is 6.42 Å². The van der Waals surface area contributed by atoms with Crippen LogP contribution in [0.2, 0.25) is 0 Å². The van der Waals surface area contributed by atoms with E-state index in [-0.39, 0.29) is 10.9 Å². The highest BCUT2D eigenvalue weighted by atomic mass is 32.2. The Morgan fingerprint density at radius 3 is 2.55 bits per heavy atom. The Hall–Kier alpha value is -1.25. The predicted molar refractivity (Wildman–Crippen MR) is 77.0 cm³/mol. The number of sulfonamides is 1. The van der Waals surface area contributed by atoms with Gasteiger partial charge in [0.25, 0.3) is 0 Å². The molecule has 2 rings (SSSR count).